The van der Waals surface area contributed by atoms with Crippen LogP contribution >= 0.6 is 11.3 Å². The van der Waals surface area contributed by atoms with E-state index in [1.54, 1.807) is 16.0 Å². The monoisotopic (exact) mass is 320 g/mol. The van der Waals surface area contributed by atoms with E-state index >= 15 is 0 Å². The van der Waals surface area contributed by atoms with Crippen LogP contribution in [-0.2, 0) is 17.8 Å². The minimum absolute atomic E-state index is 0.0363. The third kappa shape index (κ3) is 3.38. The van der Waals surface area contributed by atoms with Crippen LogP contribution in [-0.4, -0.2) is 20.7 Å². The number of amides is 1. The summed E-state index contributed by atoms with van der Waals surface area (Å²) >= 11 is 1.66. The fourth-order valence-corrected chi connectivity index (χ4v) is 3.75. The van der Waals surface area contributed by atoms with Crippen LogP contribution in [0.15, 0.2) is 0 Å². The summed E-state index contributed by atoms with van der Waals surface area (Å²) in [6.07, 6.45) is 0.937. The Bertz CT molecular complexity index is 687. The first-order valence-corrected chi connectivity index (χ1v) is 8.41. The number of carbonyl (C=O) groups excluding carboxylic acids is 1. The average molecular weight is 320 g/mol. The van der Waals surface area contributed by atoms with Gasteiger partial charge in [0.05, 0.1) is 22.4 Å². The molecule has 120 valence electrons. The summed E-state index contributed by atoms with van der Waals surface area (Å²) in [5.41, 5.74) is 4.26. The Morgan fingerprint density at radius 3 is 2.50 bits per heavy atom. The Labute approximate surface area is 135 Å². The Morgan fingerprint density at radius 1 is 1.32 bits per heavy atom. The summed E-state index contributed by atoms with van der Waals surface area (Å²) < 4.78 is 1.79. The second kappa shape index (κ2) is 6.60. The fourth-order valence-electron chi connectivity index (χ4n) is 2.84. The molecule has 0 saturated heterocycles. The Hall–Kier alpha value is -1.69. The standard InChI is InChI=1S/C16H24N4OS/c1-7-14-9(2)19-20(11(14)4)8-15(21)17-10(3)16-12(5)22-13(6)18-16/h10H,7-8H2,1-6H3,(H,17,21)/t10-/m0/s1. The first-order chi connectivity index (χ1) is 10.3. The van der Waals surface area contributed by atoms with Crippen molar-refractivity contribution in [1.29, 1.82) is 0 Å². The number of hydrogen-bond acceptors (Lipinski definition) is 4. The van der Waals surface area contributed by atoms with Crippen LogP contribution in [0, 0.1) is 27.7 Å². The summed E-state index contributed by atoms with van der Waals surface area (Å²) in [6.45, 7) is 12.4. The van der Waals surface area contributed by atoms with Crippen LogP contribution in [0.2, 0.25) is 0 Å². The molecule has 0 bridgehead atoms. The molecule has 0 unspecified atom stereocenters. The van der Waals surface area contributed by atoms with Crippen LogP contribution in [0.25, 0.3) is 0 Å². The molecule has 1 amide bonds. The zero-order valence-electron chi connectivity index (χ0n) is 14.1. The topological polar surface area (TPSA) is 59.8 Å². The zero-order valence-corrected chi connectivity index (χ0v) is 15.0. The predicted octanol–water partition coefficient (Wildman–Crippen LogP) is 3.01. The van der Waals surface area contributed by atoms with E-state index in [-0.39, 0.29) is 18.5 Å². The molecular weight excluding hydrogens is 296 g/mol. The molecule has 5 nitrogen and oxygen atoms in total. The Balaban J connectivity index is 2.06. The molecule has 2 rings (SSSR count). The van der Waals surface area contributed by atoms with Gasteiger partial charge in [-0.2, -0.15) is 5.10 Å². The van der Waals surface area contributed by atoms with E-state index in [1.807, 2.05) is 34.6 Å². The molecule has 0 radical (unpaired) electrons. The second-order valence-electron chi connectivity index (χ2n) is 5.62. The second-order valence-corrected chi connectivity index (χ2v) is 7.03. The van der Waals surface area contributed by atoms with Crippen LogP contribution in [0.5, 0.6) is 0 Å². The number of hydrogen-bond donors (Lipinski definition) is 1. The van der Waals surface area contributed by atoms with Gasteiger partial charge in [0.15, 0.2) is 0 Å². The summed E-state index contributed by atoms with van der Waals surface area (Å²) in [5.74, 6) is -0.0363. The van der Waals surface area contributed by atoms with Gasteiger partial charge in [0, 0.05) is 10.6 Å². The van der Waals surface area contributed by atoms with Crippen molar-refractivity contribution in [2.24, 2.45) is 0 Å². The van der Waals surface area contributed by atoms with Crippen molar-refractivity contribution < 1.29 is 4.79 Å². The lowest BCUT2D eigenvalue weighted by molar-refractivity contribution is -0.122. The quantitative estimate of drug-likeness (QED) is 0.921. The average Bonchev–Trinajstić information content (AvgIpc) is 2.89. The van der Waals surface area contributed by atoms with Gasteiger partial charge < -0.3 is 5.32 Å². The van der Waals surface area contributed by atoms with E-state index in [4.69, 9.17) is 0 Å². The van der Waals surface area contributed by atoms with Crippen molar-refractivity contribution in [2.75, 3.05) is 0 Å². The van der Waals surface area contributed by atoms with Crippen molar-refractivity contribution in [3.05, 3.63) is 32.5 Å². The van der Waals surface area contributed by atoms with E-state index in [1.165, 1.54) is 5.56 Å². The minimum atomic E-state index is -0.0833. The number of aryl methyl sites for hydroxylation is 3. The van der Waals surface area contributed by atoms with Gasteiger partial charge in [-0.1, -0.05) is 6.92 Å². The number of aromatic nitrogens is 3. The van der Waals surface area contributed by atoms with Crippen LogP contribution < -0.4 is 5.32 Å². The van der Waals surface area contributed by atoms with Gasteiger partial charge in [-0.3, -0.25) is 9.48 Å². The first kappa shape index (κ1) is 16.7. The van der Waals surface area contributed by atoms with Gasteiger partial charge in [0.2, 0.25) is 5.91 Å². The fraction of sp³-hybridized carbons (Fsp3) is 0.562. The van der Waals surface area contributed by atoms with E-state index in [0.717, 1.165) is 33.4 Å². The Kier molecular flexibility index (Phi) is 5.01. The molecule has 22 heavy (non-hydrogen) atoms. The molecule has 1 atom stereocenters. The highest BCUT2D eigenvalue weighted by Crippen LogP contribution is 2.22. The van der Waals surface area contributed by atoms with Crippen LogP contribution in [0.4, 0.5) is 0 Å². The van der Waals surface area contributed by atoms with Crippen molar-refractivity contribution in [3.63, 3.8) is 0 Å². The molecule has 0 fully saturated rings. The van der Waals surface area contributed by atoms with Crippen molar-refractivity contribution in [2.45, 2.75) is 60.5 Å². The van der Waals surface area contributed by atoms with E-state index in [0.29, 0.717) is 0 Å². The van der Waals surface area contributed by atoms with Gasteiger partial charge in [-0.05, 0) is 46.6 Å². The number of rotatable bonds is 5. The molecule has 2 aromatic rings. The molecule has 0 aliphatic heterocycles. The lowest BCUT2D eigenvalue weighted by atomic mass is 10.1. The molecular formula is C16H24N4OS. The summed E-state index contributed by atoms with van der Waals surface area (Å²) in [4.78, 5) is 17.9. The molecule has 0 aliphatic rings. The first-order valence-electron chi connectivity index (χ1n) is 7.59. The van der Waals surface area contributed by atoms with Crippen molar-refractivity contribution in [3.8, 4) is 0 Å². The van der Waals surface area contributed by atoms with Crippen LogP contribution in [0.3, 0.4) is 0 Å². The van der Waals surface area contributed by atoms with Gasteiger partial charge in [0.25, 0.3) is 0 Å². The molecule has 2 heterocycles. The number of thiazole rings is 1. The summed E-state index contributed by atoms with van der Waals surface area (Å²) in [5, 5.41) is 8.51. The highest BCUT2D eigenvalue weighted by molar-refractivity contribution is 7.11. The zero-order chi connectivity index (χ0) is 16.4. The Morgan fingerprint density at radius 2 is 2.00 bits per heavy atom. The third-order valence-corrected chi connectivity index (χ3v) is 4.81. The largest absolute Gasteiger partial charge is 0.346 e. The number of nitrogens with zero attached hydrogens (tertiary/aromatic N) is 3. The summed E-state index contributed by atoms with van der Waals surface area (Å²) in [6, 6.07) is -0.0833. The van der Waals surface area contributed by atoms with Gasteiger partial charge in [-0.15, -0.1) is 11.3 Å². The smallest absolute Gasteiger partial charge is 0.242 e. The highest BCUT2D eigenvalue weighted by atomic mass is 32.1. The highest BCUT2D eigenvalue weighted by Gasteiger charge is 2.17. The molecule has 0 aromatic carbocycles. The predicted molar refractivity (Wildman–Crippen MR) is 89.2 cm³/mol. The minimum Gasteiger partial charge on any atom is -0.346 e. The van der Waals surface area contributed by atoms with E-state index in [9.17, 15) is 4.79 Å². The lowest BCUT2D eigenvalue weighted by Crippen LogP contribution is -2.31. The summed E-state index contributed by atoms with van der Waals surface area (Å²) in [7, 11) is 0. The van der Waals surface area contributed by atoms with Crippen molar-refractivity contribution >= 4 is 17.2 Å². The van der Waals surface area contributed by atoms with Crippen molar-refractivity contribution in [1.82, 2.24) is 20.1 Å². The van der Waals surface area contributed by atoms with Crippen LogP contribution in [0.1, 0.15) is 52.4 Å². The number of carbonyl (C=O) groups is 1. The van der Waals surface area contributed by atoms with Gasteiger partial charge in [-0.25, -0.2) is 4.98 Å². The normalized spacial score (nSPS) is 12.5. The van der Waals surface area contributed by atoms with Gasteiger partial charge >= 0.3 is 0 Å². The molecule has 0 spiro atoms. The van der Waals surface area contributed by atoms with E-state index < -0.39 is 0 Å². The lowest BCUT2D eigenvalue weighted by Gasteiger charge is -2.13. The SMILES string of the molecule is CCc1c(C)nn(CC(=O)N[C@@H](C)c2nc(C)sc2C)c1C. The van der Waals surface area contributed by atoms with E-state index in [2.05, 4.69) is 22.3 Å². The molecule has 0 aliphatic carbocycles. The van der Waals surface area contributed by atoms with Gasteiger partial charge in [0.1, 0.15) is 6.54 Å². The molecule has 2 aromatic heterocycles. The molecule has 6 heteroatoms. The molecule has 0 saturated carbocycles. The number of nitrogens with one attached hydrogen (secondary N) is 1. The maximum Gasteiger partial charge on any atom is 0.242 e. The maximum absolute atomic E-state index is 12.3. The molecule has 1 N–H and O–H groups in total. The maximum atomic E-state index is 12.3. The third-order valence-electron chi connectivity index (χ3n) is 3.91.